The zero-order valence-corrected chi connectivity index (χ0v) is 13.6. The van der Waals surface area contributed by atoms with Crippen molar-refractivity contribution in [2.24, 2.45) is 17.6 Å². The second-order valence-corrected chi connectivity index (χ2v) is 6.69. The lowest BCUT2D eigenvalue weighted by Crippen LogP contribution is -2.43. The summed E-state index contributed by atoms with van der Waals surface area (Å²) in [6.07, 6.45) is 3.36. The third kappa shape index (κ3) is 5.01. The van der Waals surface area contributed by atoms with E-state index >= 15 is 0 Å². The molecule has 0 saturated heterocycles. The summed E-state index contributed by atoms with van der Waals surface area (Å²) in [5, 5.41) is 0.746. The highest BCUT2D eigenvalue weighted by Gasteiger charge is 2.29. The van der Waals surface area contributed by atoms with Crippen molar-refractivity contribution in [3.8, 4) is 0 Å². The number of nitrogens with two attached hydrogens (primary N) is 1. The Bertz CT molecular complexity index is 468. The van der Waals surface area contributed by atoms with Crippen LogP contribution < -0.4 is 5.73 Å². The average molecular weight is 309 g/mol. The topological polar surface area (TPSA) is 46.3 Å². The van der Waals surface area contributed by atoms with Crippen molar-refractivity contribution in [1.82, 2.24) is 4.90 Å². The molecular weight excluding hydrogens is 284 g/mol. The van der Waals surface area contributed by atoms with Crippen molar-refractivity contribution in [3.05, 3.63) is 34.9 Å². The van der Waals surface area contributed by atoms with Gasteiger partial charge in [-0.2, -0.15) is 0 Å². The minimum absolute atomic E-state index is 0.102. The van der Waals surface area contributed by atoms with Crippen LogP contribution >= 0.6 is 11.6 Å². The molecule has 0 bridgehead atoms. The average Bonchev–Trinajstić information content (AvgIpc) is 3.27. The van der Waals surface area contributed by atoms with Crippen LogP contribution in [0.1, 0.15) is 32.3 Å². The Morgan fingerprint density at radius 3 is 2.48 bits per heavy atom. The van der Waals surface area contributed by atoms with Gasteiger partial charge in [0.15, 0.2) is 0 Å². The molecule has 116 valence electrons. The van der Waals surface area contributed by atoms with Crippen molar-refractivity contribution >= 4 is 17.5 Å². The monoisotopic (exact) mass is 308 g/mol. The molecule has 0 spiro atoms. The summed E-state index contributed by atoms with van der Waals surface area (Å²) in [7, 11) is 0. The van der Waals surface area contributed by atoms with Crippen LogP contribution in [0.4, 0.5) is 0 Å². The fourth-order valence-corrected chi connectivity index (χ4v) is 2.46. The summed E-state index contributed by atoms with van der Waals surface area (Å²) in [6.45, 7) is 5.46. The Labute approximate surface area is 132 Å². The van der Waals surface area contributed by atoms with Crippen LogP contribution in [0.3, 0.4) is 0 Å². The van der Waals surface area contributed by atoms with Gasteiger partial charge in [-0.1, -0.05) is 30.7 Å². The number of nitrogens with zero attached hydrogens (tertiary/aromatic N) is 1. The molecule has 2 unspecified atom stereocenters. The molecule has 2 rings (SSSR count). The SMILES string of the molecule is CC(N)C(C)C(=O)N(CCc1ccc(Cl)cc1)CC1CC1. The van der Waals surface area contributed by atoms with E-state index in [2.05, 4.69) is 0 Å². The summed E-state index contributed by atoms with van der Waals surface area (Å²) < 4.78 is 0. The summed E-state index contributed by atoms with van der Waals surface area (Å²) in [5.41, 5.74) is 7.09. The fourth-order valence-electron chi connectivity index (χ4n) is 2.33. The molecule has 4 heteroatoms. The summed E-state index contributed by atoms with van der Waals surface area (Å²) >= 11 is 5.90. The van der Waals surface area contributed by atoms with Crippen LogP contribution in [0.15, 0.2) is 24.3 Å². The van der Waals surface area contributed by atoms with Crippen molar-refractivity contribution in [1.29, 1.82) is 0 Å². The lowest BCUT2D eigenvalue weighted by molar-refractivity contribution is -0.135. The number of benzene rings is 1. The molecule has 0 aromatic heterocycles. The van der Waals surface area contributed by atoms with Crippen LogP contribution in [0.2, 0.25) is 5.02 Å². The van der Waals surface area contributed by atoms with Gasteiger partial charge in [0.25, 0.3) is 0 Å². The Balaban J connectivity index is 1.95. The van der Waals surface area contributed by atoms with Crippen LogP contribution in [-0.4, -0.2) is 29.9 Å². The molecule has 1 aromatic carbocycles. The van der Waals surface area contributed by atoms with Gasteiger partial charge in [-0.3, -0.25) is 4.79 Å². The van der Waals surface area contributed by atoms with Crippen LogP contribution in [0, 0.1) is 11.8 Å². The van der Waals surface area contributed by atoms with Crippen molar-refractivity contribution in [3.63, 3.8) is 0 Å². The third-order valence-corrected chi connectivity index (χ3v) is 4.50. The van der Waals surface area contributed by atoms with E-state index in [4.69, 9.17) is 17.3 Å². The number of rotatable bonds is 7. The van der Waals surface area contributed by atoms with Crippen LogP contribution in [-0.2, 0) is 11.2 Å². The molecule has 0 radical (unpaired) electrons. The number of halogens is 1. The number of hydrogen-bond donors (Lipinski definition) is 1. The number of carbonyl (C=O) groups is 1. The smallest absolute Gasteiger partial charge is 0.226 e. The normalized spacial score (nSPS) is 17.3. The molecule has 3 nitrogen and oxygen atoms in total. The molecule has 1 aliphatic rings. The maximum absolute atomic E-state index is 12.5. The molecule has 0 heterocycles. The zero-order chi connectivity index (χ0) is 15.4. The fraction of sp³-hybridized carbons (Fsp3) is 0.588. The first-order valence-corrected chi connectivity index (χ1v) is 8.14. The highest BCUT2D eigenvalue weighted by atomic mass is 35.5. The first-order valence-electron chi connectivity index (χ1n) is 7.76. The van der Waals surface area contributed by atoms with Gasteiger partial charge in [-0.15, -0.1) is 0 Å². The molecule has 21 heavy (non-hydrogen) atoms. The zero-order valence-electron chi connectivity index (χ0n) is 12.9. The molecule has 2 N–H and O–H groups in total. The Kier molecular flexibility index (Phi) is 5.65. The molecular formula is C17H25ClN2O. The number of hydrogen-bond acceptors (Lipinski definition) is 2. The van der Waals surface area contributed by atoms with Gasteiger partial charge >= 0.3 is 0 Å². The molecule has 0 aliphatic heterocycles. The van der Waals surface area contributed by atoms with Gasteiger partial charge in [0.05, 0.1) is 5.92 Å². The predicted octanol–water partition coefficient (Wildman–Crippen LogP) is 3.10. The van der Waals surface area contributed by atoms with E-state index in [1.165, 1.54) is 18.4 Å². The second-order valence-electron chi connectivity index (χ2n) is 6.25. The van der Waals surface area contributed by atoms with Crippen molar-refractivity contribution < 1.29 is 4.79 Å². The van der Waals surface area contributed by atoms with E-state index in [1.807, 2.05) is 43.0 Å². The highest BCUT2D eigenvalue weighted by molar-refractivity contribution is 6.30. The maximum Gasteiger partial charge on any atom is 0.226 e. The molecule has 1 fully saturated rings. The first kappa shape index (κ1) is 16.3. The van der Waals surface area contributed by atoms with E-state index in [1.54, 1.807) is 0 Å². The minimum Gasteiger partial charge on any atom is -0.342 e. The predicted molar refractivity (Wildman–Crippen MR) is 87.3 cm³/mol. The Hall–Kier alpha value is -1.06. The van der Waals surface area contributed by atoms with Gasteiger partial charge in [0.1, 0.15) is 0 Å². The highest BCUT2D eigenvalue weighted by Crippen LogP contribution is 2.30. The van der Waals surface area contributed by atoms with Gasteiger partial charge in [-0.25, -0.2) is 0 Å². The summed E-state index contributed by atoms with van der Waals surface area (Å²) in [5.74, 6) is 0.763. The van der Waals surface area contributed by atoms with Crippen molar-refractivity contribution in [2.75, 3.05) is 13.1 Å². The molecule has 2 atom stereocenters. The maximum atomic E-state index is 12.5. The van der Waals surface area contributed by atoms with Gasteiger partial charge in [-0.05, 0) is 49.8 Å². The van der Waals surface area contributed by atoms with E-state index in [0.29, 0.717) is 5.92 Å². The van der Waals surface area contributed by atoms with Crippen molar-refractivity contribution in [2.45, 2.75) is 39.2 Å². The largest absolute Gasteiger partial charge is 0.342 e. The lowest BCUT2D eigenvalue weighted by Gasteiger charge is -2.27. The number of carbonyl (C=O) groups excluding carboxylic acids is 1. The first-order chi connectivity index (χ1) is 9.97. The third-order valence-electron chi connectivity index (χ3n) is 4.25. The van der Waals surface area contributed by atoms with Gasteiger partial charge in [0, 0.05) is 24.2 Å². The van der Waals surface area contributed by atoms with Crippen LogP contribution in [0.5, 0.6) is 0 Å². The van der Waals surface area contributed by atoms with E-state index in [9.17, 15) is 4.79 Å². The second kappa shape index (κ2) is 7.28. The van der Waals surface area contributed by atoms with Crippen LogP contribution in [0.25, 0.3) is 0 Å². The summed E-state index contributed by atoms with van der Waals surface area (Å²) in [4.78, 5) is 14.5. The van der Waals surface area contributed by atoms with Gasteiger partial charge in [0.2, 0.25) is 5.91 Å². The van der Waals surface area contributed by atoms with E-state index < -0.39 is 0 Å². The Morgan fingerprint density at radius 2 is 1.95 bits per heavy atom. The standard InChI is InChI=1S/C17H25ClN2O/c1-12(13(2)19)17(21)20(11-15-3-4-15)10-9-14-5-7-16(18)8-6-14/h5-8,12-13,15H,3-4,9-11,19H2,1-2H3. The van der Waals surface area contributed by atoms with E-state index in [-0.39, 0.29) is 17.9 Å². The van der Waals surface area contributed by atoms with Gasteiger partial charge < -0.3 is 10.6 Å². The molecule has 1 saturated carbocycles. The molecule has 1 aliphatic carbocycles. The lowest BCUT2D eigenvalue weighted by atomic mass is 10.0. The number of amides is 1. The summed E-state index contributed by atoms with van der Waals surface area (Å²) in [6, 6.07) is 7.74. The minimum atomic E-state index is -0.117. The van der Waals surface area contributed by atoms with E-state index in [0.717, 1.165) is 24.5 Å². The Morgan fingerprint density at radius 1 is 1.33 bits per heavy atom. The molecule has 1 aromatic rings. The molecule has 1 amide bonds. The quantitative estimate of drug-likeness (QED) is 0.841.